The van der Waals surface area contributed by atoms with Crippen LogP contribution in [0.3, 0.4) is 0 Å². The summed E-state index contributed by atoms with van der Waals surface area (Å²) >= 11 is 0. The van der Waals surface area contributed by atoms with Gasteiger partial charge in [0.2, 0.25) is 35.7 Å². The fourth-order valence-corrected chi connectivity index (χ4v) is 10.0. The van der Waals surface area contributed by atoms with Crippen LogP contribution in [0.4, 0.5) is 58.4 Å². The Labute approximate surface area is 667 Å². The molecule has 4 aromatic carbocycles. The third-order valence-electron chi connectivity index (χ3n) is 9.69. The molecular formula is C38H28N12Na8O22S6. The van der Waals surface area contributed by atoms with Crippen molar-refractivity contribution in [3.8, 4) is 0 Å². The van der Waals surface area contributed by atoms with E-state index in [4.69, 9.17) is 0 Å². The predicted octanol–water partition coefficient (Wildman–Crippen LogP) is -27.0. The molecule has 34 nitrogen and oxygen atoms in total. The summed E-state index contributed by atoms with van der Waals surface area (Å²) in [7, 11) is -30.1. The molecule has 0 spiro atoms. The van der Waals surface area contributed by atoms with E-state index < -0.39 is 173 Å². The van der Waals surface area contributed by atoms with Gasteiger partial charge in [-0.25, -0.2) is 50.5 Å². The first kappa shape index (κ1) is 90.0. The fourth-order valence-electron chi connectivity index (χ4n) is 6.40. The molecule has 0 bridgehead atoms. The number of aliphatic carboxylic acids is 2. The number of carboxylic acid groups (broad SMARTS) is 2. The van der Waals surface area contributed by atoms with Gasteiger partial charge in [-0.05, 0) is 71.8 Å². The van der Waals surface area contributed by atoms with Gasteiger partial charge in [-0.15, -0.1) is 0 Å². The van der Waals surface area contributed by atoms with Crippen LogP contribution in [0, 0.1) is 0 Å². The minimum atomic E-state index is -5.50. The molecule has 0 fully saturated rings. The molecule has 0 aliphatic rings. The number of carboxylic acids is 2. The van der Waals surface area contributed by atoms with Gasteiger partial charge < -0.3 is 78.2 Å². The zero-order valence-electron chi connectivity index (χ0n) is 46.5. The van der Waals surface area contributed by atoms with Crippen molar-refractivity contribution in [2.75, 3.05) is 58.3 Å². The number of nitrogens with one attached hydrogen (secondary N) is 4. The fraction of sp³-hybridized carbons (Fsp3) is 0.105. The van der Waals surface area contributed by atoms with Crippen LogP contribution in [-0.2, 0) is 70.3 Å². The average Bonchev–Trinajstić information content (AvgIpc) is 3.29. The second kappa shape index (κ2) is 36.5. The average molecular weight is 1380 g/mol. The summed E-state index contributed by atoms with van der Waals surface area (Å²) in [4.78, 5) is 41.8. The topological polar surface area (TPSA) is 555 Å². The van der Waals surface area contributed by atoms with Gasteiger partial charge in [0.25, 0.3) is 0 Å². The summed E-state index contributed by atoms with van der Waals surface area (Å²) in [6, 6.07) is 8.43. The molecule has 2 heterocycles. The Morgan fingerprint density at radius 2 is 0.674 bits per heavy atom. The first-order chi connectivity index (χ1) is 35.8. The Balaban J connectivity index is -0.00000861. The minimum Gasteiger partial charge on any atom is -0.744 e. The maximum Gasteiger partial charge on any atom is 1.00 e. The second-order valence-corrected chi connectivity index (χ2v) is 23.6. The van der Waals surface area contributed by atoms with Crippen LogP contribution >= 0.6 is 0 Å². The van der Waals surface area contributed by atoms with Crippen molar-refractivity contribution < 1.29 is 334 Å². The number of hydrogen-bond acceptors (Lipinski definition) is 34. The van der Waals surface area contributed by atoms with Gasteiger partial charge in [0.1, 0.15) is 60.7 Å². The van der Waals surface area contributed by atoms with E-state index >= 15 is 0 Å². The number of aromatic nitrogens is 6. The maximum atomic E-state index is 12.6. The summed E-state index contributed by atoms with van der Waals surface area (Å²) in [6.07, 6.45) is 1.77. The van der Waals surface area contributed by atoms with Gasteiger partial charge in [0.15, 0.2) is 0 Å². The van der Waals surface area contributed by atoms with Crippen LogP contribution in [0.15, 0.2) is 102 Å². The maximum absolute atomic E-state index is 12.6. The molecule has 0 aliphatic carbocycles. The third kappa shape index (κ3) is 26.0. The molecular weight excluding hydrogens is 1350 g/mol. The van der Waals surface area contributed by atoms with E-state index in [-0.39, 0.29) is 248 Å². The van der Waals surface area contributed by atoms with E-state index in [1.54, 1.807) is 0 Å². The standard InChI is InChI=1S/C38H36N12O22S6.8Na/c1-49(17-31(51)52)37-45-33(43-35(47-37)41-25-15-23(73(55,56)57)9-11-27(25)75(61,62)63)39-21-7-5-19(29(13-21)77(67,68)69)3-4-20-6-8-22(14-30(20)78(70,71)72)40-34-44-36(48-38(46-34)50(2)18-32(53)54)42-26-16-24(74(58,59)60)10-12-28(26)76(64,65)66;;;;;;;;/h3-16H,17-18H2,1-2H3,(H,51,52)(H,53,54)(H,55,56,57)(H,58,59,60)(H,61,62,63)(H,64,65,66)(H,67,68,69)(H,70,71,72)(H2,39,41,43,45,47)(H2,40,42,44,46,48);;;;;;;;/q;8*+1/p-8/b4-3+;;;;;;;;. The number of nitrogens with zero attached hydrogens (tertiary/aromatic N) is 8. The monoisotopic (exact) mass is 1380 g/mol. The van der Waals surface area contributed by atoms with E-state index in [9.17, 15) is 97.6 Å². The predicted molar refractivity (Wildman–Crippen MR) is 252 cm³/mol. The Hall–Kier alpha value is -0.160. The van der Waals surface area contributed by atoms with Crippen molar-refractivity contribution in [2.45, 2.75) is 29.4 Å². The number of carbonyl (C=O) groups excluding carboxylic acids is 2. The van der Waals surface area contributed by atoms with Gasteiger partial charge >= 0.3 is 236 Å². The van der Waals surface area contributed by atoms with Gasteiger partial charge in [0, 0.05) is 25.5 Å². The van der Waals surface area contributed by atoms with Crippen LogP contribution in [0.25, 0.3) is 12.2 Å². The summed E-state index contributed by atoms with van der Waals surface area (Å²) in [5, 5.41) is 32.2. The smallest absolute Gasteiger partial charge is 0.744 e. The van der Waals surface area contributed by atoms with Crippen LogP contribution in [0.5, 0.6) is 0 Å². The Morgan fingerprint density at radius 1 is 0.395 bits per heavy atom. The zero-order valence-corrected chi connectivity index (χ0v) is 67.4. The van der Waals surface area contributed by atoms with Crippen molar-refractivity contribution in [3.05, 3.63) is 83.9 Å². The van der Waals surface area contributed by atoms with Crippen molar-refractivity contribution in [2.24, 2.45) is 0 Å². The summed E-state index contributed by atoms with van der Waals surface area (Å²) in [5.41, 5.74) is -3.29. The molecule has 6 aromatic rings. The molecule has 0 saturated heterocycles. The molecule has 0 atom stereocenters. The van der Waals surface area contributed by atoms with E-state index in [0.29, 0.717) is 48.5 Å². The summed E-state index contributed by atoms with van der Waals surface area (Å²) < 4.78 is 218. The van der Waals surface area contributed by atoms with Crippen molar-refractivity contribution in [3.63, 3.8) is 0 Å². The molecule has 0 unspecified atom stereocenters. The SMILES string of the molecule is CN(CC(=O)[O-])c1nc(Nc2ccc(/C=C/c3ccc(Nc4nc(Nc5cc(S(=O)(=O)[O-])ccc5S(=O)(=O)[O-])nc(N(C)CC(=O)[O-])n4)cc3S(=O)(=O)[O-])c(S(=O)(=O)[O-])c2)nc(Nc2cc(S(=O)(=O)[O-])ccc2S(=O)(=O)[O-])n1.[Na+].[Na+].[Na+].[Na+].[Na+].[Na+].[Na+].[Na+]. The molecule has 48 heteroatoms. The Bertz CT molecular complexity index is 3940. The first-order valence-electron chi connectivity index (χ1n) is 20.3. The molecule has 0 aliphatic heterocycles. The molecule has 0 radical (unpaired) electrons. The number of anilines is 10. The van der Waals surface area contributed by atoms with Crippen LogP contribution in [-0.4, -0.2) is 147 Å². The largest absolute Gasteiger partial charge is 1.00 e. The Morgan fingerprint density at radius 3 is 0.930 bits per heavy atom. The third-order valence-corrected chi connectivity index (χ3v) is 14.9. The van der Waals surface area contributed by atoms with Crippen LogP contribution < -0.4 is 278 Å². The van der Waals surface area contributed by atoms with Crippen molar-refractivity contribution in [1.82, 2.24) is 29.9 Å². The van der Waals surface area contributed by atoms with Gasteiger partial charge in [0.05, 0.1) is 65.8 Å². The molecule has 0 amide bonds. The van der Waals surface area contributed by atoms with E-state index in [1.165, 1.54) is 0 Å². The second-order valence-electron chi connectivity index (χ2n) is 15.4. The Kier molecular flexibility index (Phi) is 38.2. The minimum absolute atomic E-state index is 0. The number of rotatable bonds is 22. The van der Waals surface area contributed by atoms with Crippen LogP contribution in [0.1, 0.15) is 11.1 Å². The molecule has 0 saturated carbocycles. The van der Waals surface area contributed by atoms with Crippen molar-refractivity contribution >= 4 is 143 Å². The van der Waals surface area contributed by atoms with E-state index in [1.807, 2.05) is 0 Å². The number of benzene rings is 4. The van der Waals surface area contributed by atoms with Gasteiger partial charge in [-0.2, -0.15) is 29.9 Å². The quantitative estimate of drug-likeness (QED) is 0.0278. The van der Waals surface area contributed by atoms with Gasteiger partial charge in [-0.1, -0.05) is 24.3 Å². The molecule has 4 N–H and O–H groups in total. The molecule has 86 heavy (non-hydrogen) atoms. The zero-order chi connectivity index (χ0) is 58.1. The van der Waals surface area contributed by atoms with Crippen molar-refractivity contribution in [1.29, 1.82) is 0 Å². The summed E-state index contributed by atoms with van der Waals surface area (Å²) in [5.74, 6) is -7.26. The van der Waals surface area contributed by atoms with E-state index in [2.05, 4.69) is 51.2 Å². The van der Waals surface area contributed by atoms with E-state index in [0.717, 1.165) is 60.3 Å². The molecule has 2 aromatic heterocycles. The number of carbonyl (C=O) groups is 2. The number of hydrogen-bond donors (Lipinski definition) is 4. The first-order valence-corrected chi connectivity index (χ1v) is 28.7. The normalized spacial score (nSPS) is 11.3. The van der Waals surface area contributed by atoms with Gasteiger partial charge in [-0.3, -0.25) is 0 Å². The van der Waals surface area contributed by atoms with Crippen LogP contribution in [0.2, 0.25) is 0 Å². The summed E-state index contributed by atoms with van der Waals surface area (Å²) in [6.45, 7) is -1.82. The number of likely N-dealkylation sites (N-methyl/N-ethyl adjacent to an activating group) is 2. The molecule has 416 valence electrons. The molecule has 6 rings (SSSR count).